The fraction of sp³-hybridized carbons (Fsp3) is 0.158. The molecule has 1 aromatic heterocycles. The molecule has 0 unspecified atom stereocenters. The number of hydrogen-bond donors (Lipinski definition) is 2. The van der Waals surface area contributed by atoms with E-state index in [0.717, 1.165) is 11.1 Å². The second-order valence-electron chi connectivity index (χ2n) is 5.91. The van der Waals surface area contributed by atoms with Gasteiger partial charge in [0.2, 0.25) is 10.0 Å². The van der Waals surface area contributed by atoms with Crippen LogP contribution < -0.4 is 10.0 Å². The molecular weight excluding hydrogens is 366 g/mol. The van der Waals surface area contributed by atoms with E-state index in [1.807, 2.05) is 37.3 Å². The molecule has 0 fully saturated rings. The van der Waals surface area contributed by atoms with Gasteiger partial charge in [0, 0.05) is 24.7 Å². The molecule has 140 valence electrons. The van der Waals surface area contributed by atoms with E-state index in [-0.39, 0.29) is 23.7 Å². The molecule has 0 radical (unpaired) electrons. The quantitative estimate of drug-likeness (QED) is 0.608. The summed E-state index contributed by atoms with van der Waals surface area (Å²) >= 11 is 0. The molecule has 1 amide bonds. The predicted molar refractivity (Wildman–Crippen MR) is 101 cm³/mol. The molecule has 0 atom stereocenters. The van der Waals surface area contributed by atoms with Crippen molar-refractivity contribution in [2.75, 3.05) is 13.1 Å². The highest BCUT2D eigenvalue weighted by Crippen LogP contribution is 2.19. The lowest BCUT2D eigenvalue weighted by Gasteiger charge is -2.07. The Morgan fingerprint density at radius 2 is 1.74 bits per heavy atom. The number of aromatic nitrogens is 1. The number of aryl methyl sites for hydroxylation is 1. The molecule has 0 saturated heterocycles. The predicted octanol–water partition coefficient (Wildman–Crippen LogP) is 2.36. The zero-order chi connectivity index (χ0) is 19.3. The smallest absolute Gasteiger partial charge is 0.273 e. The highest BCUT2D eigenvalue weighted by Gasteiger charge is 2.15. The highest BCUT2D eigenvalue weighted by atomic mass is 32.2. The molecule has 0 aliphatic rings. The van der Waals surface area contributed by atoms with Gasteiger partial charge >= 0.3 is 0 Å². The van der Waals surface area contributed by atoms with E-state index in [2.05, 4.69) is 15.2 Å². The number of amides is 1. The SMILES string of the molecule is Cc1ccc(S(=O)(=O)NCCNC(=O)c2cc(-c3ccccc3)on2)cc1. The second-order valence-corrected chi connectivity index (χ2v) is 7.68. The summed E-state index contributed by atoms with van der Waals surface area (Å²) in [6.45, 7) is 2.06. The van der Waals surface area contributed by atoms with Gasteiger partial charge in [-0.3, -0.25) is 4.79 Å². The molecule has 0 bridgehead atoms. The van der Waals surface area contributed by atoms with Crippen molar-refractivity contribution in [3.63, 3.8) is 0 Å². The van der Waals surface area contributed by atoms with Crippen LogP contribution in [-0.2, 0) is 10.0 Å². The first kappa shape index (κ1) is 18.8. The van der Waals surface area contributed by atoms with Crippen molar-refractivity contribution in [3.8, 4) is 11.3 Å². The maximum atomic E-state index is 12.2. The largest absolute Gasteiger partial charge is 0.355 e. The van der Waals surface area contributed by atoms with Crippen LogP contribution in [0.2, 0.25) is 0 Å². The summed E-state index contributed by atoms with van der Waals surface area (Å²) in [5.41, 5.74) is 1.92. The number of carbonyl (C=O) groups excluding carboxylic acids is 1. The second kappa shape index (κ2) is 8.15. The Bertz CT molecular complexity index is 1010. The van der Waals surface area contributed by atoms with Crippen LogP contribution >= 0.6 is 0 Å². The minimum atomic E-state index is -3.61. The minimum absolute atomic E-state index is 0.0609. The Morgan fingerprint density at radius 3 is 2.44 bits per heavy atom. The molecule has 3 aromatic rings. The molecule has 3 rings (SSSR count). The average molecular weight is 385 g/mol. The van der Waals surface area contributed by atoms with Crippen LogP contribution in [0.3, 0.4) is 0 Å². The summed E-state index contributed by atoms with van der Waals surface area (Å²) in [5, 5.41) is 6.36. The van der Waals surface area contributed by atoms with Gasteiger partial charge < -0.3 is 9.84 Å². The Balaban J connectivity index is 1.51. The first-order valence-electron chi connectivity index (χ1n) is 8.32. The van der Waals surface area contributed by atoms with Crippen LogP contribution in [0.5, 0.6) is 0 Å². The fourth-order valence-electron chi connectivity index (χ4n) is 2.37. The summed E-state index contributed by atoms with van der Waals surface area (Å²) < 4.78 is 32.0. The van der Waals surface area contributed by atoms with Crippen LogP contribution in [-0.4, -0.2) is 32.6 Å². The van der Waals surface area contributed by atoms with E-state index in [1.54, 1.807) is 18.2 Å². The molecule has 0 spiro atoms. The summed E-state index contributed by atoms with van der Waals surface area (Å²) in [5.74, 6) is 0.0521. The van der Waals surface area contributed by atoms with Crippen molar-refractivity contribution in [3.05, 3.63) is 71.9 Å². The van der Waals surface area contributed by atoms with E-state index in [4.69, 9.17) is 4.52 Å². The summed E-state index contributed by atoms with van der Waals surface area (Å²) in [6, 6.07) is 17.4. The first-order valence-corrected chi connectivity index (χ1v) is 9.81. The first-order chi connectivity index (χ1) is 13.0. The summed E-state index contributed by atoms with van der Waals surface area (Å²) in [6.07, 6.45) is 0. The van der Waals surface area contributed by atoms with Crippen molar-refractivity contribution in [2.45, 2.75) is 11.8 Å². The van der Waals surface area contributed by atoms with Crippen molar-refractivity contribution in [1.82, 2.24) is 15.2 Å². The van der Waals surface area contributed by atoms with Gasteiger partial charge in [0.05, 0.1) is 4.90 Å². The van der Waals surface area contributed by atoms with Gasteiger partial charge in [-0.25, -0.2) is 13.1 Å². The average Bonchev–Trinajstić information content (AvgIpc) is 3.16. The standard InChI is InChI=1S/C19H19N3O4S/c1-14-7-9-16(10-8-14)27(24,25)21-12-11-20-19(23)17-13-18(26-22-17)15-5-3-2-4-6-15/h2-10,13,21H,11-12H2,1H3,(H,20,23). The number of carbonyl (C=O) groups is 1. The molecule has 2 aromatic carbocycles. The van der Waals surface area contributed by atoms with Crippen molar-refractivity contribution in [2.24, 2.45) is 0 Å². The number of nitrogens with one attached hydrogen (secondary N) is 2. The lowest BCUT2D eigenvalue weighted by molar-refractivity contribution is 0.0945. The van der Waals surface area contributed by atoms with Crippen LogP contribution in [0.15, 0.2) is 70.1 Å². The number of rotatable bonds is 7. The van der Waals surface area contributed by atoms with Crippen LogP contribution in [0.1, 0.15) is 16.1 Å². The fourth-order valence-corrected chi connectivity index (χ4v) is 3.41. The van der Waals surface area contributed by atoms with Gasteiger partial charge in [0.25, 0.3) is 5.91 Å². The number of benzene rings is 2. The van der Waals surface area contributed by atoms with Gasteiger partial charge in [0.15, 0.2) is 11.5 Å². The lowest BCUT2D eigenvalue weighted by atomic mass is 10.1. The number of hydrogen-bond acceptors (Lipinski definition) is 5. The normalized spacial score (nSPS) is 11.3. The third-order valence-electron chi connectivity index (χ3n) is 3.84. The molecule has 2 N–H and O–H groups in total. The molecule has 7 nitrogen and oxygen atoms in total. The molecule has 27 heavy (non-hydrogen) atoms. The van der Waals surface area contributed by atoms with E-state index in [0.29, 0.717) is 5.76 Å². The summed E-state index contributed by atoms with van der Waals surface area (Å²) in [4.78, 5) is 12.3. The van der Waals surface area contributed by atoms with Gasteiger partial charge in [0.1, 0.15) is 0 Å². The topological polar surface area (TPSA) is 101 Å². The van der Waals surface area contributed by atoms with Crippen LogP contribution in [0, 0.1) is 6.92 Å². The highest BCUT2D eigenvalue weighted by molar-refractivity contribution is 7.89. The van der Waals surface area contributed by atoms with Gasteiger partial charge in [-0.1, -0.05) is 53.2 Å². The third kappa shape index (κ3) is 4.81. The summed E-state index contributed by atoms with van der Waals surface area (Å²) in [7, 11) is -3.61. The Hall–Kier alpha value is -2.97. The molecule has 1 heterocycles. The maximum absolute atomic E-state index is 12.2. The molecule has 8 heteroatoms. The van der Waals surface area contributed by atoms with Crippen molar-refractivity contribution in [1.29, 1.82) is 0 Å². The minimum Gasteiger partial charge on any atom is -0.355 e. The van der Waals surface area contributed by atoms with Crippen molar-refractivity contribution >= 4 is 15.9 Å². The zero-order valence-corrected chi connectivity index (χ0v) is 15.5. The Labute approximate surface area is 157 Å². The van der Waals surface area contributed by atoms with Crippen molar-refractivity contribution < 1.29 is 17.7 Å². The van der Waals surface area contributed by atoms with Gasteiger partial charge in [-0.05, 0) is 19.1 Å². The van der Waals surface area contributed by atoms with Gasteiger partial charge in [-0.15, -0.1) is 0 Å². The molecular formula is C19H19N3O4S. The molecule has 0 aliphatic heterocycles. The lowest BCUT2D eigenvalue weighted by Crippen LogP contribution is -2.34. The maximum Gasteiger partial charge on any atom is 0.273 e. The van der Waals surface area contributed by atoms with Crippen LogP contribution in [0.25, 0.3) is 11.3 Å². The Kier molecular flexibility index (Phi) is 5.68. The monoisotopic (exact) mass is 385 g/mol. The molecule has 0 aliphatic carbocycles. The van der Waals surface area contributed by atoms with E-state index in [9.17, 15) is 13.2 Å². The van der Waals surface area contributed by atoms with E-state index in [1.165, 1.54) is 12.1 Å². The molecule has 0 saturated carbocycles. The van der Waals surface area contributed by atoms with Gasteiger partial charge in [-0.2, -0.15) is 0 Å². The zero-order valence-electron chi connectivity index (χ0n) is 14.7. The number of nitrogens with zero attached hydrogens (tertiary/aromatic N) is 1. The Morgan fingerprint density at radius 1 is 1.04 bits per heavy atom. The third-order valence-corrected chi connectivity index (χ3v) is 5.31. The van der Waals surface area contributed by atoms with E-state index >= 15 is 0 Å². The van der Waals surface area contributed by atoms with Crippen LogP contribution in [0.4, 0.5) is 0 Å². The number of sulfonamides is 1. The van der Waals surface area contributed by atoms with E-state index < -0.39 is 15.9 Å².